The van der Waals surface area contributed by atoms with Gasteiger partial charge in [0.1, 0.15) is 6.54 Å². The first-order valence-electron chi connectivity index (χ1n) is 9.11. The van der Waals surface area contributed by atoms with Crippen molar-refractivity contribution >= 4 is 16.8 Å². The van der Waals surface area contributed by atoms with Crippen molar-refractivity contribution in [2.75, 3.05) is 6.54 Å². The summed E-state index contributed by atoms with van der Waals surface area (Å²) in [5.74, 6) is -0.0752. The number of aromatic nitrogens is 1. The van der Waals surface area contributed by atoms with Gasteiger partial charge in [-0.05, 0) is 24.1 Å². The van der Waals surface area contributed by atoms with Gasteiger partial charge in [-0.1, -0.05) is 42.5 Å². The molecule has 1 aliphatic rings. The van der Waals surface area contributed by atoms with Gasteiger partial charge in [0.2, 0.25) is 5.91 Å². The van der Waals surface area contributed by atoms with Crippen LogP contribution in [0.4, 0.5) is 0 Å². The third-order valence-electron chi connectivity index (χ3n) is 4.93. The van der Waals surface area contributed by atoms with Crippen molar-refractivity contribution in [1.82, 2.24) is 20.7 Å². The lowest BCUT2D eigenvalue weighted by Gasteiger charge is -2.13. The van der Waals surface area contributed by atoms with Crippen LogP contribution in [0.15, 0.2) is 71.7 Å². The van der Waals surface area contributed by atoms with Gasteiger partial charge in [-0.15, -0.1) is 0 Å². The minimum absolute atomic E-state index is 0.0320. The number of nitrogens with one attached hydrogen (secondary N) is 3. The summed E-state index contributed by atoms with van der Waals surface area (Å²) in [6.45, 7) is 0.732. The zero-order valence-corrected chi connectivity index (χ0v) is 14.9. The minimum atomic E-state index is -0.0752. The second kappa shape index (κ2) is 7.73. The Labute approximate surface area is 157 Å². The van der Waals surface area contributed by atoms with Gasteiger partial charge in [0.15, 0.2) is 5.43 Å². The van der Waals surface area contributed by atoms with Gasteiger partial charge in [0.05, 0.1) is 5.52 Å². The molecule has 1 fully saturated rings. The van der Waals surface area contributed by atoms with Crippen LogP contribution in [0.5, 0.6) is 0 Å². The van der Waals surface area contributed by atoms with E-state index in [4.69, 9.17) is 0 Å². The molecule has 3 N–H and O–H groups in total. The Bertz CT molecular complexity index is 1000. The first kappa shape index (κ1) is 17.5. The van der Waals surface area contributed by atoms with Crippen molar-refractivity contribution in [3.8, 4) is 0 Å². The molecular weight excluding hydrogens is 340 g/mol. The first-order valence-corrected chi connectivity index (χ1v) is 9.11. The maximum atomic E-state index is 12.4. The molecule has 0 radical (unpaired) electrons. The number of hydrogen-bond acceptors (Lipinski definition) is 4. The summed E-state index contributed by atoms with van der Waals surface area (Å²) in [6.07, 6.45) is 2.58. The maximum absolute atomic E-state index is 12.4. The van der Waals surface area contributed by atoms with Crippen molar-refractivity contribution in [3.63, 3.8) is 0 Å². The molecule has 6 nitrogen and oxygen atoms in total. The summed E-state index contributed by atoms with van der Waals surface area (Å²) < 4.78 is 1.80. The smallest absolute Gasteiger partial charge is 0.239 e. The van der Waals surface area contributed by atoms with Gasteiger partial charge in [-0.2, -0.15) is 0 Å². The molecule has 1 aromatic heterocycles. The molecule has 0 aliphatic carbocycles. The molecule has 0 spiro atoms. The highest BCUT2D eigenvalue weighted by Crippen LogP contribution is 2.21. The van der Waals surface area contributed by atoms with Crippen LogP contribution in [-0.2, 0) is 11.3 Å². The number of carbonyl (C=O) groups is 1. The number of fused-ring (bicyclic) bond motifs is 1. The number of para-hydroxylation sites is 1. The number of nitrogens with zero attached hydrogens (tertiary/aromatic N) is 1. The highest BCUT2D eigenvalue weighted by atomic mass is 16.2. The maximum Gasteiger partial charge on any atom is 0.239 e. The highest BCUT2D eigenvalue weighted by Gasteiger charge is 2.24. The standard InChI is InChI=1S/C21H22N4O2/c26-20-10-11-25(19-9-5-4-8-17(19)20)14-21(27)22-13-16-12-18(24-23-16)15-6-2-1-3-7-15/h1-11,16,18,23-24H,12-14H2,(H,22,27). The molecule has 1 amide bonds. The molecule has 27 heavy (non-hydrogen) atoms. The summed E-state index contributed by atoms with van der Waals surface area (Å²) in [4.78, 5) is 24.3. The van der Waals surface area contributed by atoms with Crippen LogP contribution in [-0.4, -0.2) is 23.1 Å². The Balaban J connectivity index is 1.35. The van der Waals surface area contributed by atoms with Crippen LogP contribution in [0.1, 0.15) is 18.0 Å². The largest absolute Gasteiger partial charge is 0.353 e. The van der Waals surface area contributed by atoms with Crippen LogP contribution in [0, 0.1) is 0 Å². The second-order valence-electron chi connectivity index (χ2n) is 6.81. The van der Waals surface area contributed by atoms with E-state index >= 15 is 0 Å². The van der Waals surface area contributed by atoms with Gasteiger partial charge >= 0.3 is 0 Å². The lowest BCUT2D eigenvalue weighted by atomic mass is 10.0. The zero-order chi connectivity index (χ0) is 18.6. The Morgan fingerprint density at radius 3 is 2.67 bits per heavy atom. The molecule has 0 saturated carbocycles. The lowest BCUT2D eigenvalue weighted by molar-refractivity contribution is -0.121. The summed E-state index contributed by atoms with van der Waals surface area (Å²) >= 11 is 0. The first-order chi connectivity index (χ1) is 13.2. The average molecular weight is 362 g/mol. The normalized spacial score (nSPS) is 19.3. The second-order valence-corrected chi connectivity index (χ2v) is 6.81. The van der Waals surface area contributed by atoms with Crippen LogP contribution in [0.3, 0.4) is 0 Å². The predicted octanol–water partition coefficient (Wildman–Crippen LogP) is 1.73. The number of rotatable bonds is 5. The van der Waals surface area contributed by atoms with E-state index in [1.807, 2.05) is 36.4 Å². The van der Waals surface area contributed by atoms with Crippen molar-refractivity contribution in [3.05, 3.63) is 82.6 Å². The van der Waals surface area contributed by atoms with E-state index in [1.54, 1.807) is 16.8 Å². The Kier molecular flexibility index (Phi) is 5.00. The Hall–Kier alpha value is -2.96. The van der Waals surface area contributed by atoms with Gasteiger partial charge < -0.3 is 9.88 Å². The van der Waals surface area contributed by atoms with Crippen molar-refractivity contribution in [2.24, 2.45) is 0 Å². The van der Waals surface area contributed by atoms with E-state index in [0.29, 0.717) is 11.9 Å². The molecule has 138 valence electrons. The molecular formula is C21H22N4O2. The summed E-state index contributed by atoms with van der Waals surface area (Å²) in [6, 6.07) is 19.5. The third-order valence-corrected chi connectivity index (χ3v) is 4.93. The molecule has 2 unspecified atom stereocenters. The van der Waals surface area contributed by atoms with Crippen molar-refractivity contribution < 1.29 is 4.79 Å². The minimum Gasteiger partial charge on any atom is -0.353 e. The topological polar surface area (TPSA) is 75.2 Å². The van der Waals surface area contributed by atoms with Gasteiger partial charge in [-0.25, -0.2) is 5.43 Å². The fourth-order valence-corrected chi connectivity index (χ4v) is 3.51. The van der Waals surface area contributed by atoms with Crippen LogP contribution in [0.25, 0.3) is 10.9 Å². The van der Waals surface area contributed by atoms with Crippen molar-refractivity contribution in [1.29, 1.82) is 0 Å². The van der Waals surface area contributed by atoms with Crippen LogP contribution >= 0.6 is 0 Å². The molecule has 6 heteroatoms. The molecule has 2 heterocycles. The number of carbonyl (C=O) groups excluding carboxylic acids is 1. The van der Waals surface area contributed by atoms with E-state index < -0.39 is 0 Å². The number of hydrazine groups is 1. The summed E-state index contributed by atoms with van der Waals surface area (Å²) in [5, 5.41) is 3.61. The molecule has 4 rings (SSSR count). The summed E-state index contributed by atoms with van der Waals surface area (Å²) in [5.41, 5.74) is 8.51. The van der Waals surface area contributed by atoms with Crippen molar-refractivity contribution in [2.45, 2.75) is 25.0 Å². The fourth-order valence-electron chi connectivity index (χ4n) is 3.51. The third kappa shape index (κ3) is 3.92. The highest BCUT2D eigenvalue weighted by molar-refractivity contribution is 5.82. The number of benzene rings is 2. The lowest BCUT2D eigenvalue weighted by Crippen LogP contribution is -2.41. The quantitative estimate of drug-likeness (QED) is 0.646. The van der Waals surface area contributed by atoms with E-state index in [-0.39, 0.29) is 30.0 Å². The van der Waals surface area contributed by atoms with Crippen LogP contribution < -0.4 is 21.6 Å². The Morgan fingerprint density at radius 2 is 1.81 bits per heavy atom. The van der Waals surface area contributed by atoms with Gasteiger partial charge in [0.25, 0.3) is 0 Å². The fraction of sp³-hybridized carbons (Fsp3) is 0.238. The molecule has 2 atom stereocenters. The average Bonchev–Trinajstić information content (AvgIpc) is 3.19. The predicted molar refractivity (Wildman–Crippen MR) is 105 cm³/mol. The molecule has 1 aliphatic heterocycles. The van der Waals surface area contributed by atoms with Gasteiger partial charge in [0, 0.05) is 36.3 Å². The molecule has 2 aromatic carbocycles. The van der Waals surface area contributed by atoms with E-state index in [0.717, 1.165) is 11.9 Å². The van der Waals surface area contributed by atoms with E-state index in [1.165, 1.54) is 11.6 Å². The molecule has 0 bridgehead atoms. The zero-order valence-electron chi connectivity index (χ0n) is 14.9. The monoisotopic (exact) mass is 362 g/mol. The molecule has 1 saturated heterocycles. The Morgan fingerprint density at radius 1 is 1.04 bits per heavy atom. The van der Waals surface area contributed by atoms with E-state index in [2.05, 4.69) is 28.3 Å². The molecule has 3 aromatic rings. The number of amides is 1. The summed E-state index contributed by atoms with van der Waals surface area (Å²) in [7, 11) is 0. The SMILES string of the molecule is O=C(Cn1ccc(=O)c2ccccc21)NCC1CC(c2ccccc2)NN1. The number of pyridine rings is 1. The van der Waals surface area contributed by atoms with E-state index in [9.17, 15) is 9.59 Å². The number of hydrogen-bond donors (Lipinski definition) is 3. The van der Waals surface area contributed by atoms with Gasteiger partial charge in [-0.3, -0.25) is 15.0 Å². The van der Waals surface area contributed by atoms with Crippen LogP contribution in [0.2, 0.25) is 0 Å².